The third-order valence-corrected chi connectivity index (χ3v) is 5.50. The van der Waals surface area contributed by atoms with Crippen LogP contribution in [0.4, 0.5) is 0 Å². The van der Waals surface area contributed by atoms with Crippen molar-refractivity contribution in [3.63, 3.8) is 0 Å². The molecule has 1 aromatic rings. The van der Waals surface area contributed by atoms with Crippen LogP contribution in [-0.2, 0) is 0 Å². The van der Waals surface area contributed by atoms with Gasteiger partial charge in [0, 0.05) is 27.7 Å². The maximum absolute atomic E-state index is 13.3. The van der Waals surface area contributed by atoms with Crippen molar-refractivity contribution in [1.29, 1.82) is 0 Å². The van der Waals surface area contributed by atoms with Crippen LogP contribution in [0.25, 0.3) is 0 Å². The maximum atomic E-state index is 13.3. The summed E-state index contributed by atoms with van der Waals surface area (Å²) in [4.78, 5) is 26.3. The topological polar surface area (TPSA) is 34.1 Å². The molecule has 0 radical (unpaired) electrons. The molecule has 0 unspecified atom stereocenters. The summed E-state index contributed by atoms with van der Waals surface area (Å²) in [5.41, 5.74) is 1.08. The lowest BCUT2D eigenvalue weighted by atomic mass is 9.51. The molecule has 114 valence electrons. The van der Waals surface area contributed by atoms with E-state index in [9.17, 15) is 9.59 Å². The second-order valence-corrected chi connectivity index (χ2v) is 6.56. The van der Waals surface area contributed by atoms with Gasteiger partial charge in [0.25, 0.3) is 0 Å². The fourth-order valence-electron chi connectivity index (χ4n) is 4.34. The van der Waals surface area contributed by atoms with E-state index in [1.165, 1.54) is 0 Å². The number of ketones is 2. The summed E-state index contributed by atoms with van der Waals surface area (Å²) in [6.45, 7) is 0. The van der Waals surface area contributed by atoms with Crippen LogP contribution in [0.15, 0.2) is 96.2 Å². The Morgan fingerprint density at radius 1 is 0.667 bits per heavy atom. The van der Waals surface area contributed by atoms with Crippen LogP contribution in [-0.4, -0.2) is 11.6 Å². The smallest absolute Gasteiger partial charge is 0.194 e. The number of carbonyl (C=O) groups excluding carboxylic acids is 2. The first-order valence-corrected chi connectivity index (χ1v) is 8.05. The van der Waals surface area contributed by atoms with E-state index in [4.69, 9.17) is 0 Å². The van der Waals surface area contributed by atoms with Gasteiger partial charge in [0.2, 0.25) is 0 Å². The number of Topliss-reactive ketones (excluding diaryl/α,β-unsaturated/α-hetero) is 2. The molecule has 0 bridgehead atoms. The Balaban J connectivity index is 1.85. The average molecular weight is 310 g/mol. The van der Waals surface area contributed by atoms with Gasteiger partial charge in [-0.25, -0.2) is 0 Å². The summed E-state index contributed by atoms with van der Waals surface area (Å²) in [7, 11) is 0. The van der Waals surface area contributed by atoms with Crippen molar-refractivity contribution in [3.8, 4) is 0 Å². The van der Waals surface area contributed by atoms with Gasteiger partial charge in [0.1, 0.15) is 0 Å². The normalized spacial score (nSPS) is 31.7. The minimum atomic E-state index is -0.624. The average Bonchev–Trinajstić information content (AvgIpc) is 2.64. The zero-order valence-electron chi connectivity index (χ0n) is 12.9. The third-order valence-electron chi connectivity index (χ3n) is 5.50. The molecule has 1 aromatic carbocycles. The molecule has 0 spiro atoms. The molecule has 5 rings (SSSR count). The summed E-state index contributed by atoms with van der Waals surface area (Å²) in [5.74, 6) is -0.112. The Morgan fingerprint density at radius 3 is 1.92 bits per heavy atom. The van der Waals surface area contributed by atoms with Crippen LogP contribution in [0.2, 0.25) is 0 Å². The number of fused-ring (bicyclic) bond motifs is 1. The largest absolute Gasteiger partial charge is 0.289 e. The highest BCUT2D eigenvalue weighted by Crippen LogP contribution is 2.58. The molecular weight excluding hydrogens is 296 g/mol. The van der Waals surface area contributed by atoms with E-state index in [1.807, 2.05) is 54.7 Å². The highest BCUT2D eigenvalue weighted by atomic mass is 16.1. The molecule has 0 heterocycles. The fourth-order valence-corrected chi connectivity index (χ4v) is 4.34. The Hall–Kier alpha value is -3.00. The van der Waals surface area contributed by atoms with Gasteiger partial charge in [-0.2, -0.15) is 0 Å². The van der Waals surface area contributed by atoms with Crippen molar-refractivity contribution in [2.45, 2.75) is 0 Å². The van der Waals surface area contributed by atoms with Gasteiger partial charge < -0.3 is 0 Å². The molecule has 4 aliphatic carbocycles. The van der Waals surface area contributed by atoms with Crippen molar-refractivity contribution in [3.05, 3.63) is 107 Å². The van der Waals surface area contributed by atoms with Crippen molar-refractivity contribution in [2.24, 2.45) is 10.8 Å². The summed E-state index contributed by atoms with van der Waals surface area (Å²) in [6.07, 6.45) is 20.1. The number of rotatable bonds is 0. The van der Waals surface area contributed by atoms with E-state index in [2.05, 4.69) is 12.2 Å². The molecule has 0 atom stereocenters. The van der Waals surface area contributed by atoms with Gasteiger partial charge in [-0.15, -0.1) is 0 Å². The maximum Gasteiger partial charge on any atom is 0.194 e. The number of carbonyl (C=O) groups is 2. The fraction of sp³-hybridized carbons (Fsp3) is 0.0909. The zero-order chi connectivity index (χ0) is 16.4. The SMILES string of the molecule is O=C1C2=C(C(=O)c3ccccc31)C13C=CC=CC1(C=CC=C3)C=C2. The minimum Gasteiger partial charge on any atom is -0.289 e. The molecule has 0 fully saturated rings. The molecule has 0 aromatic heterocycles. The van der Waals surface area contributed by atoms with Crippen LogP contribution in [0.3, 0.4) is 0 Å². The van der Waals surface area contributed by atoms with Crippen LogP contribution in [0.5, 0.6) is 0 Å². The lowest BCUT2D eigenvalue weighted by Crippen LogP contribution is -2.45. The second kappa shape index (κ2) is 4.30. The van der Waals surface area contributed by atoms with Gasteiger partial charge in [-0.1, -0.05) is 85.0 Å². The second-order valence-electron chi connectivity index (χ2n) is 6.56. The van der Waals surface area contributed by atoms with Crippen molar-refractivity contribution < 1.29 is 9.59 Å². The van der Waals surface area contributed by atoms with E-state index in [-0.39, 0.29) is 11.6 Å². The first kappa shape index (κ1) is 13.4. The van der Waals surface area contributed by atoms with E-state index in [0.29, 0.717) is 22.3 Å². The Kier molecular flexibility index (Phi) is 2.41. The molecular formula is C22H14O2. The monoisotopic (exact) mass is 310 g/mol. The lowest BCUT2D eigenvalue weighted by molar-refractivity contribution is 0.0953. The van der Waals surface area contributed by atoms with E-state index in [0.717, 1.165) is 0 Å². The standard InChI is InChI=1S/C22H14O2/c23-19-15-7-1-2-8-16(15)20(24)18-17(19)9-14-21-10-3-5-12-22(18,21)13-6-4-11-21/h1-14H. The van der Waals surface area contributed by atoms with Crippen molar-refractivity contribution >= 4 is 11.6 Å². The summed E-state index contributed by atoms with van der Waals surface area (Å²) in [6, 6.07) is 7.10. The van der Waals surface area contributed by atoms with E-state index < -0.39 is 10.8 Å². The van der Waals surface area contributed by atoms with Crippen molar-refractivity contribution in [1.82, 2.24) is 0 Å². The molecule has 0 amide bonds. The predicted octanol–water partition coefficient (Wildman–Crippen LogP) is 4.16. The van der Waals surface area contributed by atoms with Crippen LogP contribution in [0, 0.1) is 10.8 Å². The summed E-state index contributed by atoms with van der Waals surface area (Å²) >= 11 is 0. The minimum absolute atomic E-state index is 0.0474. The third kappa shape index (κ3) is 1.37. The van der Waals surface area contributed by atoms with Crippen LogP contribution >= 0.6 is 0 Å². The number of hydrogen-bond acceptors (Lipinski definition) is 2. The van der Waals surface area contributed by atoms with Gasteiger partial charge in [0.05, 0.1) is 5.41 Å². The van der Waals surface area contributed by atoms with Gasteiger partial charge in [0.15, 0.2) is 11.6 Å². The molecule has 2 nitrogen and oxygen atoms in total. The molecule has 0 saturated carbocycles. The Morgan fingerprint density at radius 2 is 1.25 bits per heavy atom. The van der Waals surface area contributed by atoms with E-state index >= 15 is 0 Å². The number of hydrogen-bond donors (Lipinski definition) is 0. The molecule has 24 heavy (non-hydrogen) atoms. The van der Waals surface area contributed by atoms with Gasteiger partial charge in [-0.3, -0.25) is 9.59 Å². The molecule has 0 N–H and O–H groups in total. The van der Waals surface area contributed by atoms with Crippen LogP contribution < -0.4 is 0 Å². The quantitative estimate of drug-likeness (QED) is 0.721. The van der Waals surface area contributed by atoms with Crippen molar-refractivity contribution in [2.75, 3.05) is 0 Å². The lowest BCUT2D eigenvalue weighted by Gasteiger charge is -2.49. The summed E-state index contributed by atoms with van der Waals surface area (Å²) in [5, 5.41) is 0. The Bertz CT molecular complexity index is 969. The number of benzene rings is 1. The number of allylic oxidation sites excluding steroid dienone is 12. The first-order chi connectivity index (χ1) is 11.7. The highest BCUT2D eigenvalue weighted by Gasteiger charge is 2.54. The Labute approximate surface area is 139 Å². The van der Waals surface area contributed by atoms with Gasteiger partial charge >= 0.3 is 0 Å². The first-order valence-electron chi connectivity index (χ1n) is 8.05. The molecule has 2 heteroatoms. The zero-order valence-corrected chi connectivity index (χ0v) is 12.9. The predicted molar refractivity (Wildman–Crippen MR) is 92.7 cm³/mol. The molecule has 0 aliphatic heterocycles. The van der Waals surface area contributed by atoms with Gasteiger partial charge in [-0.05, 0) is 0 Å². The van der Waals surface area contributed by atoms with E-state index in [1.54, 1.807) is 18.2 Å². The summed E-state index contributed by atoms with van der Waals surface area (Å²) < 4.78 is 0. The van der Waals surface area contributed by atoms with Crippen LogP contribution in [0.1, 0.15) is 20.7 Å². The highest BCUT2D eigenvalue weighted by molar-refractivity contribution is 6.29. The molecule has 0 saturated heterocycles. The molecule has 4 aliphatic rings.